The van der Waals surface area contributed by atoms with Crippen molar-refractivity contribution < 1.29 is 4.79 Å². The van der Waals surface area contributed by atoms with Gasteiger partial charge in [-0.05, 0) is 12.1 Å². The van der Waals surface area contributed by atoms with Crippen molar-refractivity contribution in [2.75, 3.05) is 39.3 Å². The van der Waals surface area contributed by atoms with E-state index in [1.165, 1.54) is 0 Å². The molecule has 0 saturated carbocycles. The van der Waals surface area contributed by atoms with E-state index >= 15 is 0 Å². The van der Waals surface area contributed by atoms with Crippen molar-refractivity contribution >= 4 is 29.9 Å². The number of benzene rings is 1. The topological polar surface area (TPSA) is 44.4 Å². The number of carbonyl (C=O) groups excluding carboxylic acids is 1. The first-order chi connectivity index (χ1) is 8.77. The molecule has 1 aliphatic rings. The Hall–Kier alpha value is -0.810. The Morgan fingerprint density at radius 3 is 2.68 bits per heavy atom. The summed E-state index contributed by atoms with van der Waals surface area (Å²) in [6, 6.07) is 7.10. The minimum Gasteiger partial charge on any atom is -0.351 e. The summed E-state index contributed by atoms with van der Waals surface area (Å²) >= 11 is 5.97. The third-order valence-corrected chi connectivity index (χ3v) is 3.37. The van der Waals surface area contributed by atoms with Gasteiger partial charge in [0.15, 0.2) is 0 Å². The molecule has 0 unspecified atom stereocenters. The van der Waals surface area contributed by atoms with Gasteiger partial charge in [-0.3, -0.25) is 9.69 Å². The standard InChI is InChI=1S/C13H18ClN3O.ClH/c14-12-4-2-1-3-11(12)13(18)16-7-10-17-8-5-15-6-9-17;/h1-4,15H,5-10H2,(H,16,18);1H. The Balaban J connectivity index is 0.00000180. The van der Waals surface area contributed by atoms with Crippen LogP contribution in [0.3, 0.4) is 0 Å². The van der Waals surface area contributed by atoms with Gasteiger partial charge in [-0.1, -0.05) is 23.7 Å². The largest absolute Gasteiger partial charge is 0.351 e. The maximum atomic E-state index is 11.9. The molecule has 1 fully saturated rings. The summed E-state index contributed by atoms with van der Waals surface area (Å²) in [4.78, 5) is 14.2. The molecule has 0 bridgehead atoms. The molecule has 1 saturated heterocycles. The monoisotopic (exact) mass is 303 g/mol. The fourth-order valence-electron chi connectivity index (χ4n) is 2.00. The van der Waals surface area contributed by atoms with Gasteiger partial charge in [0.1, 0.15) is 0 Å². The molecule has 1 aromatic carbocycles. The van der Waals surface area contributed by atoms with Crippen molar-refractivity contribution in [2.45, 2.75) is 0 Å². The molecule has 1 heterocycles. The van der Waals surface area contributed by atoms with Crippen molar-refractivity contribution in [3.05, 3.63) is 34.9 Å². The van der Waals surface area contributed by atoms with E-state index in [1.54, 1.807) is 12.1 Å². The van der Waals surface area contributed by atoms with E-state index in [2.05, 4.69) is 15.5 Å². The molecule has 0 atom stereocenters. The lowest BCUT2D eigenvalue weighted by molar-refractivity contribution is 0.0947. The van der Waals surface area contributed by atoms with Crippen molar-refractivity contribution in [2.24, 2.45) is 0 Å². The lowest BCUT2D eigenvalue weighted by Crippen LogP contribution is -2.46. The third-order valence-electron chi connectivity index (χ3n) is 3.04. The van der Waals surface area contributed by atoms with E-state index in [1.807, 2.05) is 12.1 Å². The molecule has 0 aromatic heterocycles. The lowest BCUT2D eigenvalue weighted by atomic mass is 10.2. The number of amides is 1. The highest BCUT2D eigenvalue weighted by molar-refractivity contribution is 6.33. The van der Waals surface area contributed by atoms with Crippen LogP contribution >= 0.6 is 24.0 Å². The van der Waals surface area contributed by atoms with E-state index < -0.39 is 0 Å². The van der Waals surface area contributed by atoms with Gasteiger partial charge in [0.25, 0.3) is 5.91 Å². The normalized spacial score (nSPS) is 15.6. The zero-order valence-corrected chi connectivity index (χ0v) is 12.3. The summed E-state index contributed by atoms with van der Waals surface area (Å²) in [6.07, 6.45) is 0. The van der Waals surface area contributed by atoms with Crippen molar-refractivity contribution in [3.8, 4) is 0 Å². The summed E-state index contributed by atoms with van der Waals surface area (Å²) in [5, 5.41) is 6.70. The quantitative estimate of drug-likeness (QED) is 0.884. The Kier molecular flexibility index (Phi) is 7.16. The fraction of sp³-hybridized carbons (Fsp3) is 0.462. The molecule has 1 aliphatic heterocycles. The van der Waals surface area contributed by atoms with Crippen LogP contribution in [0.2, 0.25) is 5.02 Å². The van der Waals surface area contributed by atoms with Crippen molar-refractivity contribution in [1.82, 2.24) is 15.5 Å². The Morgan fingerprint density at radius 1 is 1.32 bits per heavy atom. The van der Waals surface area contributed by atoms with Gasteiger partial charge in [0.2, 0.25) is 0 Å². The number of hydrogen-bond acceptors (Lipinski definition) is 3. The average Bonchev–Trinajstić information content (AvgIpc) is 2.40. The predicted octanol–water partition coefficient (Wildman–Crippen LogP) is 1.40. The number of nitrogens with one attached hydrogen (secondary N) is 2. The minimum absolute atomic E-state index is 0. The predicted molar refractivity (Wildman–Crippen MR) is 80.3 cm³/mol. The van der Waals surface area contributed by atoms with Crippen LogP contribution < -0.4 is 10.6 Å². The van der Waals surface area contributed by atoms with E-state index in [4.69, 9.17) is 11.6 Å². The highest BCUT2D eigenvalue weighted by atomic mass is 35.5. The first-order valence-corrected chi connectivity index (χ1v) is 6.61. The summed E-state index contributed by atoms with van der Waals surface area (Å²) in [7, 11) is 0. The van der Waals surface area contributed by atoms with Crippen LogP contribution in [0.15, 0.2) is 24.3 Å². The molecule has 0 spiro atoms. The minimum atomic E-state index is -0.101. The van der Waals surface area contributed by atoms with Crippen LogP contribution in [0.4, 0.5) is 0 Å². The number of halogens is 2. The molecule has 1 aromatic rings. The van der Waals surface area contributed by atoms with Gasteiger partial charge in [0.05, 0.1) is 10.6 Å². The first-order valence-electron chi connectivity index (χ1n) is 6.23. The molecule has 106 valence electrons. The second-order valence-corrected chi connectivity index (χ2v) is 4.73. The number of rotatable bonds is 4. The molecule has 4 nitrogen and oxygen atoms in total. The molecule has 0 aliphatic carbocycles. The summed E-state index contributed by atoms with van der Waals surface area (Å²) in [6.45, 7) is 5.68. The summed E-state index contributed by atoms with van der Waals surface area (Å²) < 4.78 is 0. The van der Waals surface area contributed by atoms with Gasteiger partial charge in [0, 0.05) is 39.3 Å². The second kappa shape index (κ2) is 8.38. The highest BCUT2D eigenvalue weighted by Crippen LogP contribution is 2.14. The molecule has 1 amide bonds. The summed E-state index contributed by atoms with van der Waals surface area (Å²) in [5.41, 5.74) is 0.541. The fourth-order valence-corrected chi connectivity index (χ4v) is 2.22. The number of nitrogens with zero attached hydrogens (tertiary/aromatic N) is 1. The molecular weight excluding hydrogens is 285 g/mol. The Morgan fingerprint density at radius 2 is 2.00 bits per heavy atom. The van der Waals surface area contributed by atoms with Gasteiger partial charge in [-0.2, -0.15) is 0 Å². The number of hydrogen-bond donors (Lipinski definition) is 2. The number of carbonyl (C=O) groups is 1. The Bertz CT molecular complexity index is 409. The van der Waals surface area contributed by atoms with Crippen LogP contribution in [-0.4, -0.2) is 50.1 Å². The number of piperazine rings is 1. The molecule has 2 N–H and O–H groups in total. The van der Waals surface area contributed by atoms with Crippen LogP contribution in [-0.2, 0) is 0 Å². The molecule has 6 heteroatoms. The highest BCUT2D eigenvalue weighted by Gasteiger charge is 2.11. The van der Waals surface area contributed by atoms with E-state index in [9.17, 15) is 4.79 Å². The average molecular weight is 304 g/mol. The van der Waals surface area contributed by atoms with Crippen LogP contribution in [0, 0.1) is 0 Å². The molecule has 2 rings (SSSR count). The van der Waals surface area contributed by atoms with E-state index in [-0.39, 0.29) is 18.3 Å². The SMILES string of the molecule is Cl.O=C(NCCN1CCNCC1)c1ccccc1Cl. The smallest absolute Gasteiger partial charge is 0.252 e. The van der Waals surface area contributed by atoms with Crippen molar-refractivity contribution in [3.63, 3.8) is 0 Å². The van der Waals surface area contributed by atoms with Gasteiger partial charge < -0.3 is 10.6 Å². The van der Waals surface area contributed by atoms with Gasteiger partial charge >= 0.3 is 0 Å². The maximum absolute atomic E-state index is 11.9. The zero-order chi connectivity index (χ0) is 12.8. The van der Waals surface area contributed by atoms with Crippen LogP contribution in [0.1, 0.15) is 10.4 Å². The Labute approximate surface area is 124 Å². The summed E-state index contributed by atoms with van der Waals surface area (Å²) in [5.74, 6) is -0.101. The second-order valence-electron chi connectivity index (χ2n) is 4.33. The third kappa shape index (κ3) is 4.99. The van der Waals surface area contributed by atoms with E-state index in [0.29, 0.717) is 17.1 Å². The zero-order valence-electron chi connectivity index (χ0n) is 10.7. The van der Waals surface area contributed by atoms with Crippen LogP contribution in [0.25, 0.3) is 0 Å². The van der Waals surface area contributed by atoms with Crippen LogP contribution in [0.5, 0.6) is 0 Å². The maximum Gasteiger partial charge on any atom is 0.252 e. The molecular formula is C13H19Cl2N3O. The van der Waals surface area contributed by atoms with Crippen molar-refractivity contribution in [1.29, 1.82) is 0 Å². The molecule has 0 radical (unpaired) electrons. The molecule has 19 heavy (non-hydrogen) atoms. The van der Waals surface area contributed by atoms with Gasteiger partial charge in [-0.15, -0.1) is 12.4 Å². The lowest BCUT2D eigenvalue weighted by Gasteiger charge is -2.27. The first kappa shape index (κ1) is 16.2. The van der Waals surface area contributed by atoms with E-state index in [0.717, 1.165) is 32.7 Å². The van der Waals surface area contributed by atoms with Gasteiger partial charge in [-0.25, -0.2) is 0 Å².